The molecule has 0 saturated heterocycles. The van der Waals surface area contributed by atoms with Gasteiger partial charge in [-0.2, -0.15) is 26.7 Å². The van der Waals surface area contributed by atoms with E-state index in [4.69, 9.17) is 16.7 Å². The van der Waals surface area contributed by atoms with E-state index in [0.29, 0.717) is 21.3 Å². The molecule has 0 amide bonds. The third kappa shape index (κ3) is 6.85. The quantitative estimate of drug-likeness (QED) is 0.326. The lowest BCUT2D eigenvalue weighted by atomic mass is 10.1. The first-order valence-electron chi connectivity index (χ1n) is 11.2. The number of nitrogens with one attached hydrogen (secondary N) is 1. The third-order valence-electron chi connectivity index (χ3n) is 5.93. The fourth-order valence-electron chi connectivity index (χ4n) is 4.21. The molecule has 0 radical (unpaired) electrons. The average Bonchev–Trinajstić information content (AvgIpc) is 3.40. The number of aliphatic hydroxyl groups excluding tert-OH is 1. The van der Waals surface area contributed by atoms with Crippen molar-refractivity contribution in [2.75, 3.05) is 11.9 Å². The largest absolute Gasteiger partial charge is 0.433 e. The summed E-state index contributed by atoms with van der Waals surface area (Å²) in [4.78, 5) is 21.1. The highest BCUT2D eigenvalue weighted by Crippen LogP contribution is 2.32. The van der Waals surface area contributed by atoms with Crippen LogP contribution in [-0.2, 0) is 27.2 Å². The van der Waals surface area contributed by atoms with Gasteiger partial charge in [0.2, 0.25) is 5.78 Å². The second-order valence-electron chi connectivity index (χ2n) is 8.73. The molecule has 1 saturated carbocycles. The van der Waals surface area contributed by atoms with Crippen molar-refractivity contribution in [3.8, 4) is 0 Å². The Balaban J connectivity index is 1.56. The summed E-state index contributed by atoms with van der Waals surface area (Å²) >= 11 is 5.94. The van der Waals surface area contributed by atoms with Crippen molar-refractivity contribution >= 4 is 33.5 Å². The Kier molecular flexibility index (Phi) is 8.04. The maximum Gasteiger partial charge on any atom is 0.433 e. The number of carbonyl (C=O) groups excluding carboxylic acids is 1. The molecule has 204 valence electrons. The lowest BCUT2D eigenvalue weighted by molar-refractivity contribution is -0.144. The summed E-state index contributed by atoms with van der Waals surface area (Å²) in [7, 11) is -4.19. The fourth-order valence-corrected chi connectivity index (χ4v) is 4.79. The van der Waals surface area contributed by atoms with Crippen LogP contribution >= 0.6 is 11.6 Å². The molecule has 0 spiro atoms. The second-order valence-corrected chi connectivity index (χ2v) is 10.4. The number of benzene rings is 1. The van der Waals surface area contributed by atoms with Gasteiger partial charge in [0.25, 0.3) is 0 Å². The van der Waals surface area contributed by atoms with Gasteiger partial charge in [0.1, 0.15) is 23.5 Å². The van der Waals surface area contributed by atoms with E-state index in [-0.39, 0.29) is 37.4 Å². The Morgan fingerprint density at radius 3 is 2.74 bits per heavy atom. The molecule has 3 atom stereocenters. The van der Waals surface area contributed by atoms with Crippen molar-refractivity contribution in [1.29, 1.82) is 0 Å². The number of hydrogen-bond acceptors (Lipinski definition) is 9. The first-order valence-corrected chi connectivity index (χ1v) is 13.0. The van der Waals surface area contributed by atoms with E-state index in [1.54, 1.807) is 18.2 Å². The molecule has 1 aliphatic carbocycles. The van der Waals surface area contributed by atoms with Crippen LogP contribution in [0.1, 0.15) is 40.2 Å². The van der Waals surface area contributed by atoms with Gasteiger partial charge in [-0.15, -0.1) is 0 Å². The number of nitrogens with two attached hydrogens (primary N) is 1. The van der Waals surface area contributed by atoms with Gasteiger partial charge >= 0.3 is 16.5 Å². The summed E-state index contributed by atoms with van der Waals surface area (Å²) in [5.41, 5.74) is -1.27. The molecule has 1 aliphatic rings. The Labute approximate surface area is 220 Å². The second kappa shape index (κ2) is 10.9. The number of halogens is 4. The lowest BCUT2D eigenvalue weighted by Crippen LogP contribution is -2.24. The van der Waals surface area contributed by atoms with Crippen molar-refractivity contribution in [1.82, 2.24) is 19.7 Å². The predicted molar refractivity (Wildman–Crippen MR) is 128 cm³/mol. The monoisotopic (exact) mass is 574 g/mol. The molecule has 4 N–H and O–H groups in total. The van der Waals surface area contributed by atoms with Crippen molar-refractivity contribution in [2.45, 2.75) is 37.7 Å². The number of aliphatic hydroxyl groups is 1. The topological polar surface area (TPSA) is 162 Å². The molecule has 0 bridgehead atoms. The highest BCUT2D eigenvalue weighted by atomic mass is 35.5. The molecule has 2 heterocycles. The van der Waals surface area contributed by atoms with Crippen LogP contribution in [0.15, 0.2) is 42.9 Å². The van der Waals surface area contributed by atoms with Gasteiger partial charge in [0.15, 0.2) is 0 Å². The summed E-state index contributed by atoms with van der Waals surface area (Å²) in [5, 5.41) is 22.3. The summed E-state index contributed by atoms with van der Waals surface area (Å²) in [6.07, 6.45) is -3.00. The van der Waals surface area contributed by atoms with Crippen molar-refractivity contribution in [2.24, 2.45) is 11.1 Å². The molecule has 16 heteroatoms. The zero-order valence-corrected chi connectivity index (χ0v) is 21.0. The highest BCUT2D eigenvalue weighted by Gasteiger charge is 2.38. The lowest BCUT2D eigenvalue weighted by Gasteiger charge is -2.15. The smallest absolute Gasteiger partial charge is 0.393 e. The highest BCUT2D eigenvalue weighted by molar-refractivity contribution is 7.84. The van der Waals surface area contributed by atoms with E-state index < -0.39 is 51.7 Å². The van der Waals surface area contributed by atoms with Crippen LogP contribution in [0.4, 0.5) is 19.0 Å². The minimum Gasteiger partial charge on any atom is -0.393 e. The number of carbonyl (C=O) groups is 1. The maximum absolute atomic E-state index is 13.8. The van der Waals surface area contributed by atoms with Gasteiger partial charge < -0.3 is 10.4 Å². The number of nitrogens with zero attached hydrogens (tertiary/aromatic N) is 4. The molecule has 4 rings (SSSR count). The molecule has 38 heavy (non-hydrogen) atoms. The zero-order chi connectivity index (χ0) is 27.7. The normalized spacial score (nSPS) is 20.0. The summed E-state index contributed by atoms with van der Waals surface area (Å²) in [6.45, 7) is -0.612. The summed E-state index contributed by atoms with van der Waals surface area (Å²) in [6, 6.07) is 6.45. The zero-order valence-electron chi connectivity index (χ0n) is 19.5. The number of hydrogen-bond donors (Lipinski definition) is 3. The summed E-state index contributed by atoms with van der Waals surface area (Å²) in [5.74, 6) is -1.40. The van der Waals surface area contributed by atoms with E-state index in [1.807, 2.05) is 0 Å². The first-order chi connectivity index (χ1) is 17.8. The number of alkyl halides is 3. The van der Waals surface area contributed by atoms with E-state index in [2.05, 4.69) is 24.6 Å². The van der Waals surface area contributed by atoms with Crippen molar-refractivity contribution in [3.05, 3.63) is 70.4 Å². The van der Waals surface area contributed by atoms with Crippen LogP contribution in [-0.4, -0.2) is 57.8 Å². The first kappa shape index (κ1) is 27.9. The van der Waals surface area contributed by atoms with Crippen molar-refractivity contribution in [3.63, 3.8) is 0 Å². The Morgan fingerprint density at radius 2 is 2.05 bits per heavy atom. The van der Waals surface area contributed by atoms with Crippen molar-refractivity contribution < 1.29 is 35.7 Å². The number of rotatable bonds is 9. The SMILES string of the molecule is NS(=O)(=O)OC[C@H]1C[C@@H](Nc2ncncc2C(=O)c2cc(C(F)(F)F)n(Cc3cccc(Cl)c3)n2)C[C@@H]1O. The van der Waals surface area contributed by atoms with E-state index in [1.165, 1.54) is 6.07 Å². The number of aromatic nitrogens is 4. The average molecular weight is 575 g/mol. The van der Waals surface area contributed by atoms with Gasteiger partial charge in [0, 0.05) is 29.2 Å². The minimum absolute atomic E-state index is 0.0214. The van der Waals surface area contributed by atoms with E-state index in [9.17, 15) is 31.5 Å². The molecule has 3 aromatic rings. The van der Waals surface area contributed by atoms with Crippen LogP contribution in [0.25, 0.3) is 0 Å². The van der Waals surface area contributed by atoms with Crippen LogP contribution in [0, 0.1) is 5.92 Å². The van der Waals surface area contributed by atoms with Gasteiger partial charge in [-0.25, -0.2) is 15.1 Å². The molecule has 1 aromatic carbocycles. The molecule has 2 aromatic heterocycles. The van der Waals surface area contributed by atoms with Crippen LogP contribution in [0.5, 0.6) is 0 Å². The summed E-state index contributed by atoms with van der Waals surface area (Å²) < 4.78 is 68.6. The molecule has 0 aliphatic heterocycles. The van der Waals surface area contributed by atoms with E-state index >= 15 is 0 Å². The Hall–Kier alpha value is -3.11. The molecule has 11 nitrogen and oxygen atoms in total. The minimum atomic E-state index is -4.79. The fraction of sp³-hybridized carbons (Fsp3) is 0.364. The molecular formula is C22H22ClF3N6O5S. The van der Waals surface area contributed by atoms with Gasteiger partial charge in [-0.3, -0.25) is 13.7 Å². The standard InChI is InChI=1S/C22H22ClF3N6O5S/c23-14-3-1-2-12(4-14)9-32-19(22(24,25)26)7-17(31-32)20(34)16-8-28-11-29-21(16)30-15-5-13(18(33)6-15)10-37-38(27,35)36/h1-4,7-8,11,13,15,18,33H,5-6,9-10H2,(H2,27,35,36)(H,28,29,30)/t13-,15-,18+/m1/s1. The third-order valence-corrected chi connectivity index (χ3v) is 6.63. The number of ketones is 1. The van der Waals surface area contributed by atoms with E-state index in [0.717, 1.165) is 12.5 Å². The van der Waals surface area contributed by atoms with Crippen LogP contribution in [0.2, 0.25) is 5.02 Å². The van der Waals surface area contributed by atoms with Crippen LogP contribution < -0.4 is 10.5 Å². The van der Waals surface area contributed by atoms with Gasteiger partial charge in [-0.1, -0.05) is 23.7 Å². The van der Waals surface area contributed by atoms with Gasteiger partial charge in [-0.05, 0) is 30.5 Å². The molecule has 0 unspecified atom stereocenters. The Bertz CT molecular complexity index is 1430. The maximum atomic E-state index is 13.8. The van der Waals surface area contributed by atoms with Crippen LogP contribution in [0.3, 0.4) is 0 Å². The predicted octanol–water partition coefficient (Wildman–Crippen LogP) is 2.40. The van der Waals surface area contributed by atoms with Gasteiger partial charge in [0.05, 0.1) is 24.8 Å². The number of anilines is 1. The molecular weight excluding hydrogens is 553 g/mol. The molecule has 1 fully saturated rings. The Morgan fingerprint density at radius 1 is 1.29 bits per heavy atom.